The molecule has 1 heterocycles. The number of rotatable bonds is 1. The zero-order valence-corrected chi connectivity index (χ0v) is 9.84. The molecule has 3 nitrogen and oxygen atoms in total. The van der Waals surface area contributed by atoms with Gasteiger partial charge in [0.05, 0.1) is 6.04 Å². The molecule has 1 saturated heterocycles. The van der Waals surface area contributed by atoms with Crippen LogP contribution in [-0.4, -0.2) is 23.2 Å². The molecule has 0 aliphatic carbocycles. The van der Waals surface area contributed by atoms with Gasteiger partial charge in [-0.15, -0.1) is 0 Å². The molecular formula is C13H17NO2. The topological polar surface area (TPSA) is 40.5 Å². The highest BCUT2D eigenvalue weighted by Crippen LogP contribution is 2.38. The summed E-state index contributed by atoms with van der Waals surface area (Å²) in [5.74, 6) is -0.203. The molecule has 1 N–H and O–H groups in total. The molecule has 3 heteroatoms. The maximum Gasteiger partial charge on any atom is 0.258 e. The van der Waals surface area contributed by atoms with Crippen molar-refractivity contribution in [2.75, 3.05) is 4.90 Å². The number of para-hydroxylation sites is 1. The average Bonchev–Trinajstić information content (AvgIpc) is 2.23. The number of β-lactam (4-membered cyclic amide) rings is 1. The normalized spacial score (nSPS) is 25.5. The Hall–Kier alpha value is -1.35. The van der Waals surface area contributed by atoms with E-state index < -0.39 is 6.10 Å². The monoisotopic (exact) mass is 219 g/mol. The van der Waals surface area contributed by atoms with Gasteiger partial charge in [0.15, 0.2) is 6.10 Å². The predicted molar refractivity (Wildman–Crippen MR) is 63.2 cm³/mol. The van der Waals surface area contributed by atoms with Crippen LogP contribution in [-0.2, 0) is 4.79 Å². The minimum absolute atomic E-state index is 0.122. The second-order valence-electron chi connectivity index (χ2n) is 5.30. The van der Waals surface area contributed by atoms with Crippen molar-refractivity contribution in [1.82, 2.24) is 0 Å². The third-order valence-electron chi connectivity index (χ3n) is 2.99. The molecule has 1 fully saturated rings. The SMILES string of the molecule is CC(C)(C)[C@H]1[C@@H](O)C(=O)N1c1ccccc1. The number of hydrogen-bond donors (Lipinski definition) is 1. The first kappa shape index (κ1) is 11.1. The standard InChI is InChI=1S/C13H17NO2/c1-13(2,3)11-10(15)12(16)14(11)9-7-5-4-6-8-9/h4-8,10-11,15H,1-3H3/t10-,11-/m1/s1. The van der Waals surface area contributed by atoms with Crippen molar-refractivity contribution in [3.8, 4) is 0 Å². The largest absolute Gasteiger partial charge is 0.381 e. The van der Waals surface area contributed by atoms with Crippen LogP contribution in [0.4, 0.5) is 5.69 Å². The summed E-state index contributed by atoms with van der Waals surface area (Å²) in [4.78, 5) is 13.4. The Bertz CT molecular complexity index is 394. The molecule has 1 amide bonds. The summed E-state index contributed by atoms with van der Waals surface area (Å²) >= 11 is 0. The number of aliphatic hydroxyl groups is 1. The van der Waals surface area contributed by atoms with E-state index in [1.54, 1.807) is 4.90 Å². The van der Waals surface area contributed by atoms with Crippen molar-refractivity contribution in [2.45, 2.75) is 32.9 Å². The molecule has 0 aromatic heterocycles. The Morgan fingerprint density at radius 1 is 1.19 bits per heavy atom. The highest BCUT2D eigenvalue weighted by atomic mass is 16.3. The van der Waals surface area contributed by atoms with E-state index in [-0.39, 0.29) is 17.4 Å². The molecule has 2 rings (SSSR count). The van der Waals surface area contributed by atoms with Gasteiger partial charge in [0.1, 0.15) is 0 Å². The minimum atomic E-state index is -0.861. The molecule has 86 valence electrons. The minimum Gasteiger partial charge on any atom is -0.381 e. The van der Waals surface area contributed by atoms with Gasteiger partial charge in [-0.25, -0.2) is 0 Å². The Morgan fingerprint density at radius 3 is 2.25 bits per heavy atom. The Labute approximate surface area is 95.7 Å². The summed E-state index contributed by atoms with van der Waals surface area (Å²) in [6.07, 6.45) is -0.861. The van der Waals surface area contributed by atoms with Crippen LogP contribution in [0.1, 0.15) is 20.8 Å². The third-order valence-corrected chi connectivity index (χ3v) is 2.99. The van der Waals surface area contributed by atoms with E-state index >= 15 is 0 Å². The lowest BCUT2D eigenvalue weighted by atomic mass is 9.76. The highest BCUT2D eigenvalue weighted by Gasteiger charge is 2.52. The summed E-state index contributed by atoms with van der Waals surface area (Å²) in [5.41, 5.74) is 0.737. The number of hydrogen-bond acceptors (Lipinski definition) is 2. The van der Waals surface area contributed by atoms with Crippen molar-refractivity contribution in [3.05, 3.63) is 30.3 Å². The summed E-state index contributed by atoms with van der Waals surface area (Å²) in [6.45, 7) is 6.09. The van der Waals surface area contributed by atoms with Crippen LogP contribution < -0.4 is 4.90 Å². The fourth-order valence-corrected chi connectivity index (χ4v) is 2.21. The van der Waals surface area contributed by atoms with Crippen molar-refractivity contribution < 1.29 is 9.90 Å². The summed E-state index contributed by atoms with van der Waals surface area (Å²) in [7, 11) is 0. The maximum atomic E-state index is 11.7. The first-order chi connectivity index (χ1) is 7.43. The van der Waals surface area contributed by atoms with E-state index in [4.69, 9.17) is 0 Å². The molecule has 1 aromatic rings. The molecule has 1 aliphatic rings. The van der Waals surface area contributed by atoms with Crippen LogP contribution in [0.5, 0.6) is 0 Å². The van der Waals surface area contributed by atoms with Crippen LogP contribution in [0.3, 0.4) is 0 Å². The van der Waals surface area contributed by atoms with Gasteiger partial charge in [-0.2, -0.15) is 0 Å². The van der Waals surface area contributed by atoms with Crippen molar-refractivity contribution in [1.29, 1.82) is 0 Å². The van der Waals surface area contributed by atoms with E-state index in [1.165, 1.54) is 0 Å². The highest BCUT2D eigenvalue weighted by molar-refractivity contribution is 6.04. The van der Waals surface area contributed by atoms with Gasteiger partial charge < -0.3 is 10.0 Å². The third kappa shape index (κ3) is 1.61. The lowest BCUT2D eigenvalue weighted by Crippen LogP contribution is -2.69. The lowest BCUT2D eigenvalue weighted by Gasteiger charge is -2.50. The van der Waals surface area contributed by atoms with E-state index in [0.717, 1.165) is 5.69 Å². The van der Waals surface area contributed by atoms with Crippen LogP contribution in [0.2, 0.25) is 0 Å². The van der Waals surface area contributed by atoms with E-state index in [2.05, 4.69) is 0 Å². The summed E-state index contributed by atoms with van der Waals surface area (Å²) < 4.78 is 0. The smallest absolute Gasteiger partial charge is 0.258 e. The number of amides is 1. The molecule has 2 atom stereocenters. The fraction of sp³-hybridized carbons (Fsp3) is 0.462. The van der Waals surface area contributed by atoms with Gasteiger partial charge >= 0.3 is 0 Å². The second-order valence-corrected chi connectivity index (χ2v) is 5.30. The van der Waals surface area contributed by atoms with Crippen LogP contribution in [0.25, 0.3) is 0 Å². The number of nitrogens with zero attached hydrogens (tertiary/aromatic N) is 1. The van der Waals surface area contributed by atoms with Gasteiger partial charge in [-0.05, 0) is 17.5 Å². The summed E-state index contributed by atoms with van der Waals surface area (Å²) in [6, 6.07) is 9.35. The zero-order chi connectivity index (χ0) is 11.9. The predicted octanol–water partition coefficient (Wildman–Crippen LogP) is 1.81. The second kappa shape index (κ2) is 3.59. The summed E-state index contributed by atoms with van der Waals surface area (Å²) in [5, 5.41) is 9.75. The van der Waals surface area contributed by atoms with Crippen molar-refractivity contribution >= 4 is 11.6 Å². The molecule has 1 aliphatic heterocycles. The zero-order valence-electron chi connectivity index (χ0n) is 9.84. The molecule has 0 saturated carbocycles. The maximum absolute atomic E-state index is 11.7. The van der Waals surface area contributed by atoms with Crippen LogP contribution in [0.15, 0.2) is 30.3 Å². The van der Waals surface area contributed by atoms with Crippen LogP contribution >= 0.6 is 0 Å². The number of aliphatic hydroxyl groups excluding tert-OH is 1. The first-order valence-electron chi connectivity index (χ1n) is 5.49. The Kier molecular flexibility index (Phi) is 2.50. The van der Waals surface area contributed by atoms with Crippen LogP contribution in [0, 0.1) is 5.41 Å². The lowest BCUT2D eigenvalue weighted by molar-refractivity contribution is -0.140. The van der Waals surface area contributed by atoms with Gasteiger partial charge in [0.25, 0.3) is 5.91 Å². The van der Waals surface area contributed by atoms with E-state index in [9.17, 15) is 9.90 Å². The van der Waals surface area contributed by atoms with E-state index in [1.807, 2.05) is 51.1 Å². The van der Waals surface area contributed by atoms with Crippen molar-refractivity contribution in [2.24, 2.45) is 5.41 Å². The molecule has 16 heavy (non-hydrogen) atoms. The number of benzene rings is 1. The molecule has 0 unspecified atom stereocenters. The van der Waals surface area contributed by atoms with Crippen molar-refractivity contribution in [3.63, 3.8) is 0 Å². The quantitative estimate of drug-likeness (QED) is 0.732. The Balaban J connectivity index is 2.31. The van der Waals surface area contributed by atoms with E-state index in [0.29, 0.717) is 0 Å². The van der Waals surface area contributed by atoms with Gasteiger partial charge in [0.2, 0.25) is 0 Å². The fourth-order valence-electron chi connectivity index (χ4n) is 2.21. The molecule has 1 aromatic carbocycles. The molecule has 0 radical (unpaired) electrons. The molecule has 0 spiro atoms. The van der Waals surface area contributed by atoms with Gasteiger partial charge in [-0.1, -0.05) is 39.0 Å². The molecular weight excluding hydrogens is 202 g/mol. The average molecular weight is 219 g/mol. The number of anilines is 1. The number of carbonyl (C=O) groups excluding carboxylic acids is 1. The Morgan fingerprint density at radius 2 is 1.75 bits per heavy atom. The van der Waals surface area contributed by atoms with Gasteiger partial charge in [0, 0.05) is 5.69 Å². The first-order valence-corrected chi connectivity index (χ1v) is 5.49. The number of carbonyl (C=O) groups is 1. The van der Waals surface area contributed by atoms with Gasteiger partial charge in [-0.3, -0.25) is 4.79 Å². The molecule has 0 bridgehead atoms.